The molecule has 2 rings (SSSR count). The lowest BCUT2D eigenvalue weighted by Crippen LogP contribution is -2.42. The van der Waals surface area contributed by atoms with E-state index in [2.05, 4.69) is 12.2 Å². The van der Waals surface area contributed by atoms with Crippen molar-refractivity contribution in [1.82, 2.24) is 10.2 Å². The smallest absolute Gasteiger partial charge is 0.257 e. The molecule has 0 aliphatic carbocycles. The molecule has 0 spiro atoms. The van der Waals surface area contributed by atoms with Crippen molar-refractivity contribution in [2.45, 2.75) is 46.6 Å². The summed E-state index contributed by atoms with van der Waals surface area (Å²) in [6.45, 7) is 10.6. The minimum Gasteiger partial charge on any atom is -0.466 e. The van der Waals surface area contributed by atoms with Crippen LogP contribution in [0.15, 0.2) is 4.42 Å². The molecule has 1 atom stereocenters. The quantitative estimate of drug-likeness (QED) is 0.908. The average Bonchev–Trinajstić information content (AvgIpc) is 2.96. The Morgan fingerprint density at radius 2 is 2.11 bits per heavy atom. The monoisotopic (exact) mass is 264 g/mol. The fraction of sp³-hybridized carbons (Fsp3) is 0.667. The van der Waals surface area contributed by atoms with Crippen LogP contribution in [0.5, 0.6) is 0 Å². The van der Waals surface area contributed by atoms with Crippen molar-refractivity contribution in [3.8, 4) is 0 Å². The third-order valence-corrected chi connectivity index (χ3v) is 3.98. The second-order valence-electron chi connectivity index (χ2n) is 5.36. The minimum absolute atomic E-state index is 0.127. The number of amides is 1. The van der Waals surface area contributed by atoms with Crippen LogP contribution < -0.4 is 5.32 Å². The number of nitrogens with one attached hydrogen (secondary N) is 1. The van der Waals surface area contributed by atoms with Crippen LogP contribution in [0.4, 0.5) is 0 Å². The summed E-state index contributed by atoms with van der Waals surface area (Å²) in [5, 5.41) is 3.33. The Kier molecular flexibility index (Phi) is 4.30. The number of carbonyl (C=O) groups excluding carboxylic acids is 1. The van der Waals surface area contributed by atoms with Gasteiger partial charge in [-0.25, -0.2) is 0 Å². The average molecular weight is 264 g/mol. The van der Waals surface area contributed by atoms with E-state index in [1.165, 1.54) is 0 Å². The van der Waals surface area contributed by atoms with Gasteiger partial charge >= 0.3 is 0 Å². The van der Waals surface area contributed by atoms with Gasteiger partial charge in [0.15, 0.2) is 0 Å². The third-order valence-electron chi connectivity index (χ3n) is 3.98. The molecule has 0 bridgehead atoms. The zero-order chi connectivity index (χ0) is 14.0. The maximum atomic E-state index is 12.8. The van der Waals surface area contributed by atoms with Crippen LogP contribution in [0.3, 0.4) is 0 Å². The molecular weight excluding hydrogens is 240 g/mol. The molecule has 4 heteroatoms. The van der Waals surface area contributed by atoms with Crippen LogP contribution >= 0.6 is 0 Å². The molecule has 0 saturated carbocycles. The van der Waals surface area contributed by atoms with Gasteiger partial charge in [0, 0.05) is 24.7 Å². The van der Waals surface area contributed by atoms with E-state index in [1.54, 1.807) is 0 Å². The maximum absolute atomic E-state index is 12.8. The number of rotatable bonds is 4. The zero-order valence-corrected chi connectivity index (χ0v) is 12.4. The van der Waals surface area contributed by atoms with Crippen LogP contribution in [-0.4, -0.2) is 36.5 Å². The molecule has 0 radical (unpaired) electrons. The number of hydrogen-bond acceptors (Lipinski definition) is 3. The first-order valence-electron chi connectivity index (χ1n) is 7.14. The predicted octanol–water partition coefficient (Wildman–Crippen LogP) is 2.42. The third kappa shape index (κ3) is 2.68. The van der Waals surface area contributed by atoms with Gasteiger partial charge in [-0.15, -0.1) is 0 Å². The van der Waals surface area contributed by atoms with Gasteiger partial charge in [0.25, 0.3) is 5.91 Å². The Bertz CT molecular complexity index is 459. The van der Waals surface area contributed by atoms with Gasteiger partial charge in [0.1, 0.15) is 11.5 Å². The zero-order valence-electron chi connectivity index (χ0n) is 12.4. The molecular formula is C15H24N2O2. The molecule has 1 aliphatic rings. The van der Waals surface area contributed by atoms with Crippen molar-refractivity contribution in [3.05, 3.63) is 22.6 Å². The highest BCUT2D eigenvalue weighted by molar-refractivity contribution is 5.97. The van der Waals surface area contributed by atoms with E-state index in [-0.39, 0.29) is 5.91 Å². The highest BCUT2D eigenvalue weighted by Crippen LogP contribution is 2.24. The van der Waals surface area contributed by atoms with Gasteiger partial charge in [0.05, 0.1) is 5.56 Å². The lowest BCUT2D eigenvalue weighted by Gasteiger charge is -2.28. The van der Waals surface area contributed by atoms with E-state index in [0.717, 1.165) is 55.1 Å². The van der Waals surface area contributed by atoms with Crippen molar-refractivity contribution >= 4 is 5.91 Å². The Morgan fingerprint density at radius 1 is 1.37 bits per heavy atom. The fourth-order valence-corrected chi connectivity index (χ4v) is 2.85. The Balaban J connectivity index is 2.28. The topological polar surface area (TPSA) is 45.5 Å². The Morgan fingerprint density at radius 3 is 2.58 bits per heavy atom. The van der Waals surface area contributed by atoms with Gasteiger partial charge in [-0.1, -0.05) is 6.92 Å². The van der Waals surface area contributed by atoms with Gasteiger partial charge in [-0.3, -0.25) is 4.79 Å². The lowest BCUT2D eigenvalue weighted by atomic mass is 10.1. The molecule has 106 valence electrons. The summed E-state index contributed by atoms with van der Waals surface area (Å²) >= 11 is 0. The SMILES string of the molecule is CCCN(C(=O)c1c(C)oc(C)c1C)C1CCNC1. The maximum Gasteiger partial charge on any atom is 0.257 e. The van der Waals surface area contributed by atoms with E-state index >= 15 is 0 Å². The van der Waals surface area contributed by atoms with Crippen molar-refractivity contribution in [1.29, 1.82) is 0 Å². The second kappa shape index (κ2) is 5.78. The van der Waals surface area contributed by atoms with Gasteiger partial charge in [-0.2, -0.15) is 0 Å². The molecule has 1 saturated heterocycles. The van der Waals surface area contributed by atoms with Crippen LogP contribution in [0.25, 0.3) is 0 Å². The van der Waals surface area contributed by atoms with Crippen LogP contribution in [0.2, 0.25) is 0 Å². The number of hydrogen-bond donors (Lipinski definition) is 1. The van der Waals surface area contributed by atoms with Gasteiger partial charge in [-0.05, 0) is 40.2 Å². The normalized spacial score (nSPS) is 18.8. The van der Waals surface area contributed by atoms with Crippen molar-refractivity contribution in [3.63, 3.8) is 0 Å². The van der Waals surface area contributed by atoms with E-state index in [4.69, 9.17) is 4.42 Å². The van der Waals surface area contributed by atoms with Crippen LogP contribution in [0.1, 0.15) is 47.2 Å². The van der Waals surface area contributed by atoms with E-state index in [0.29, 0.717) is 6.04 Å². The van der Waals surface area contributed by atoms with Crippen LogP contribution in [0, 0.1) is 20.8 Å². The summed E-state index contributed by atoms with van der Waals surface area (Å²) in [4.78, 5) is 14.8. The molecule has 19 heavy (non-hydrogen) atoms. The van der Waals surface area contributed by atoms with Crippen molar-refractivity contribution in [2.24, 2.45) is 0 Å². The highest BCUT2D eigenvalue weighted by Gasteiger charge is 2.30. The largest absolute Gasteiger partial charge is 0.466 e. The minimum atomic E-state index is 0.127. The summed E-state index contributed by atoms with van der Waals surface area (Å²) in [6, 6.07) is 0.321. The first-order chi connectivity index (χ1) is 9.06. The highest BCUT2D eigenvalue weighted by atomic mass is 16.3. The van der Waals surface area contributed by atoms with Gasteiger partial charge < -0.3 is 14.6 Å². The first kappa shape index (κ1) is 14.1. The van der Waals surface area contributed by atoms with Gasteiger partial charge in [0.2, 0.25) is 0 Å². The Labute approximate surface area is 115 Å². The fourth-order valence-electron chi connectivity index (χ4n) is 2.85. The van der Waals surface area contributed by atoms with Crippen molar-refractivity contribution in [2.75, 3.05) is 19.6 Å². The molecule has 1 unspecified atom stereocenters. The molecule has 2 heterocycles. The number of furan rings is 1. The summed E-state index contributed by atoms with van der Waals surface area (Å²) in [5.74, 6) is 1.72. The molecule has 1 aromatic rings. The van der Waals surface area contributed by atoms with E-state index in [1.807, 2.05) is 25.7 Å². The lowest BCUT2D eigenvalue weighted by molar-refractivity contribution is 0.0690. The molecule has 4 nitrogen and oxygen atoms in total. The molecule has 1 aliphatic heterocycles. The number of carbonyl (C=O) groups is 1. The summed E-state index contributed by atoms with van der Waals surface area (Å²) in [5.41, 5.74) is 1.74. The number of nitrogens with zero attached hydrogens (tertiary/aromatic N) is 1. The summed E-state index contributed by atoms with van der Waals surface area (Å²) < 4.78 is 5.59. The van der Waals surface area contributed by atoms with Crippen LogP contribution in [-0.2, 0) is 0 Å². The predicted molar refractivity (Wildman–Crippen MR) is 75.5 cm³/mol. The van der Waals surface area contributed by atoms with E-state index in [9.17, 15) is 4.79 Å². The standard InChI is InChI=1S/C15H24N2O2/c1-5-8-17(13-6-7-16-9-13)15(18)14-10(2)11(3)19-12(14)4/h13,16H,5-9H2,1-4H3. The Hall–Kier alpha value is -1.29. The molecule has 1 N–H and O–H groups in total. The summed E-state index contributed by atoms with van der Waals surface area (Å²) in [6.07, 6.45) is 2.03. The second-order valence-corrected chi connectivity index (χ2v) is 5.36. The molecule has 1 amide bonds. The van der Waals surface area contributed by atoms with E-state index < -0.39 is 0 Å². The molecule has 1 fully saturated rings. The van der Waals surface area contributed by atoms with Crippen molar-refractivity contribution < 1.29 is 9.21 Å². The molecule has 0 aromatic carbocycles. The number of aryl methyl sites for hydroxylation is 2. The first-order valence-corrected chi connectivity index (χ1v) is 7.14. The molecule has 1 aromatic heterocycles. The summed E-state index contributed by atoms with van der Waals surface area (Å²) in [7, 11) is 0.